The molecule has 1 aliphatic heterocycles. The van der Waals surface area contributed by atoms with Gasteiger partial charge in [0, 0.05) is 18.2 Å². The van der Waals surface area contributed by atoms with Crippen molar-refractivity contribution in [2.75, 3.05) is 13.2 Å². The zero-order chi connectivity index (χ0) is 14.0. The fourth-order valence-electron chi connectivity index (χ4n) is 2.02. The second kappa shape index (κ2) is 5.36. The molecule has 0 aromatic heterocycles. The number of phenols is 2. The summed E-state index contributed by atoms with van der Waals surface area (Å²) in [6, 6.07) is 2.56. The molecule has 0 radical (unpaired) electrons. The van der Waals surface area contributed by atoms with Gasteiger partial charge in [-0.05, 0) is 19.9 Å². The summed E-state index contributed by atoms with van der Waals surface area (Å²) in [6.07, 6.45) is -0.805. The van der Waals surface area contributed by atoms with Crippen LogP contribution in [0, 0.1) is 0 Å². The molecule has 6 nitrogen and oxygen atoms in total. The van der Waals surface area contributed by atoms with E-state index in [0.717, 1.165) is 0 Å². The lowest BCUT2D eigenvalue weighted by Crippen LogP contribution is -2.29. The molecule has 2 atom stereocenters. The van der Waals surface area contributed by atoms with Crippen LogP contribution in [0.3, 0.4) is 0 Å². The van der Waals surface area contributed by atoms with Crippen LogP contribution in [0.5, 0.6) is 17.2 Å². The third-order valence-corrected chi connectivity index (χ3v) is 2.83. The molecule has 6 heteroatoms. The highest BCUT2D eigenvalue weighted by molar-refractivity contribution is 5.81. The molecule has 0 amide bonds. The number of phenolic OH excluding ortho intramolecular Hbond substituents is 2. The van der Waals surface area contributed by atoms with Crippen LogP contribution in [0.25, 0.3) is 0 Å². The number of rotatable bonds is 4. The third-order valence-electron chi connectivity index (χ3n) is 2.83. The second-order valence-corrected chi connectivity index (χ2v) is 4.05. The van der Waals surface area contributed by atoms with Crippen LogP contribution in [0.1, 0.15) is 25.3 Å². The van der Waals surface area contributed by atoms with Gasteiger partial charge in [0.1, 0.15) is 11.7 Å². The Bertz CT molecular complexity index is 484. The molecule has 1 heterocycles. The molecule has 0 saturated heterocycles. The van der Waals surface area contributed by atoms with Crippen molar-refractivity contribution >= 4 is 5.97 Å². The van der Waals surface area contributed by atoms with Crippen molar-refractivity contribution in [3.05, 3.63) is 17.7 Å². The van der Waals surface area contributed by atoms with Gasteiger partial charge in [0.25, 0.3) is 0 Å². The minimum Gasteiger partial charge on any atom is -0.504 e. The molecule has 2 rings (SSSR count). The van der Waals surface area contributed by atoms with Gasteiger partial charge >= 0.3 is 5.97 Å². The lowest BCUT2D eigenvalue weighted by Gasteiger charge is -2.17. The Morgan fingerprint density at radius 1 is 1.26 bits per heavy atom. The Labute approximate surface area is 110 Å². The first-order valence-corrected chi connectivity index (χ1v) is 6.09. The molecule has 104 valence electrons. The van der Waals surface area contributed by atoms with Gasteiger partial charge in [-0.25, -0.2) is 0 Å². The summed E-state index contributed by atoms with van der Waals surface area (Å²) in [4.78, 5) is 12.0. The SMILES string of the molecule is CCOC(=O)C1c2cc(O)c(O)cc2OC1OCC. The van der Waals surface area contributed by atoms with Gasteiger partial charge in [-0.15, -0.1) is 0 Å². The standard InChI is InChI=1S/C13H16O6/c1-3-17-12(16)11-7-5-8(14)9(15)6-10(7)19-13(11)18-4-2/h5-6,11,13-15H,3-4H2,1-2H3. The molecule has 1 aliphatic rings. The summed E-state index contributed by atoms with van der Waals surface area (Å²) < 4.78 is 15.8. The Balaban J connectivity index is 2.38. The van der Waals surface area contributed by atoms with Crippen LogP contribution in [0.2, 0.25) is 0 Å². The number of aromatic hydroxyl groups is 2. The molecule has 0 fully saturated rings. The average Bonchev–Trinajstić information content (AvgIpc) is 2.68. The molecule has 0 bridgehead atoms. The number of esters is 1. The minimum atomic E-state index is -0.805. The maximum absolute atomic E-state index is 12.0. The Kier molecular flexibility index (Phi) is 3.80. The quantitative estimate of drug-likeness (QED) is 0.636. The predicted octanol–water partition coefficient (Wildman–Crippen LogP) is 1.50. The zero-order valence-electron chi connectivity index (χ0n) is 10.8. The summed E-state index contributed by atoms with van der Waals surface area (Å²) >= 11 is 0. The van der Waals surface area contributed by atoms with E-state index in [2.05, 4.69) is 0 Å². The molecule has 1 aromatic rings. The number of carbonyl (C=O) groups excluding carboxylic acids is 1. The molecule has 19 heavy (non-hydrogen) atoms. The zero-order valence-corrected chi connectivity index (χ0v) is 10.8. The number of ether oxygens (including phenoxy) is 3. The number of carbonyl (C=O) groups is 1. The van der Waals surface area contributed by atoms with E-state index in [4.69, 9.17) is 14.2 Å². The summed E-state index contributed by atoms with van der Waals surface area (Å²) in [5, 5.41) is 19.0. The van der Waals surface area contributed by atoms with Gasteiger partial charge < -0.3 is 24.4 Å². The van der Waals surface area contributed by atoms with Gasteiger partial charge in [0.15, 0.2) is 11.5 Å². The van der Waals surface area contributed by atoms with Crippen molar-refractivity contribution in [3.8, 4) is 17.2 Å². The van der Waals surface area contributed by atoms with Gasteiger partial charge in [-0.2, -0.15) is 0 Å². The fourth-order valence-corrected chi connectivity index (χ4v) is 2.02. The van der Waals surface area contributed by atoms with E-state index in [1.807, 2.05) is 0 Å². The monoisotopic (exact) mass is 268 g/mol. The van der Waals surface area contributed by atoms with Crippen molar-refractivity contribution < 1.29 is 29.2 Å². The predicted molar refractivity (Wildman–Crippen MR) is 65.2 cm³/mol. The van der Waals surface area contributed by atoms with Crippen molar-refractivity contribution in [1.29, 1.82) is 0 Å². The van der Waals surface area contributed by atoms with E-state index in [1.54, 1.807) is 13.8 Å². The third kappa shape index (κ3) is 2.44. The van der Waals surface area contributed by atoms with E-state index in [0.29, 0.717) is 17.9 Å². The highest BCUT2D eigenvalue weighted by Crippen LogP contribution is 2.44. The molecular weight excluding hydrogens is 252 g/mol. The number of fused-ring (bicyclic) bond motifs is 1. The van der Waals surface area contributed by atoms with Gasteiger partial charge in [0.05, 0.1) is 6.61 Å². The molecule has 1 aromatic carbocycles. The van der Waals surface area contributed by atoms with Gasteiger partial charge in [-0.1, -0.05) is 0 Å². The topological polar surface area (TPSA) is 85.2 Å². The summed E-state index contributed by atoms with van der Waals surface area (Å²) in [7, 11) is 0. The van der Waals surface area contributed by atoms with E-state index in [1.165, 1.54) is 12.1 Å². The first-order chi connectivity index (χ1) is 9.08. The maximum atomic E-state index is 12.0. The molecule has 0 aliphatic carbocycles. The average molecular weight is 268 g/mol. The number of hydrogen-bond donors (Lipinski definition) is 2. The lowest BCUT2D eigenvalue weighted by atomic mass is 9.99. The summed E-state index contributed by atoms with van der Waals surface area (Å²) in [6.45, 7) is 4.10. The van der Waals surface area contributed by atoms with Crippen molar-refractivity contribution in [2.24, 2.45) is 0 Å². The molecular formula is C13H16O6. The number of benzene rings is 1. The van der Waals surface area contributed by atoms with Crippen LogP contribution >= 0.6 is 0 Å². The van der Waals surface area contributed by atoms with Crippen LogP contribution < -0.4 is 4.74 Å². The highest BCUT2D eigenvalue weighted by atomic mass is 16.7. The smallest absolute Gasteiger partial charge is 0.320 e. The Hall–Kier alpha value is -1.95. The summed E-state index contributed by atoms with van der Waals surface area (Å²) in [5.41, 5.74) is 0.451. The van der Waals surface area contributed by atoms with E-state index in [-0.39, 0.29) is 18.1 Å². The second-order valence-electron chi connectivity index (χ2n) is 4.05. The Morgan fingerprint density at radius 3 is 2.58 bits per heavy atom. The first-order valence-electron chi connectivity index (χ1n) is 6.09. The van der Waals surface area contributed by atoms with Crippen LogP contribution in [-0.4, -0.2) is 35.7 Å². The van der Waals surface area contributed by atoms with Crippen molar-refractivity contribution in [2.45, 2.75) is 26.1 Å². The van der Waals surface area contributed by atoms with Crippen LogP contribution in [0.4, 0.5) is 0 Å². The molecule has 0 saturated carbocycles. The van der Waals surface area contributed by atoms with E-state index < -0.39 is 18.2 Å². The fraction of sp³-hybridized carbons (Fsp3) is 0.462. The maximum Gasteiger partial charge on any atom is 0.320 e. The van der Waals surface area contributed by atoms with Gasteiger partial charge in [0.2, 0.25) is 6.29 Å². The highest BCUT2D eigenvalue weighted by Gasteiger charge is 2.42. The molecule has 2 unspecified atom stereocenters. The minimum absolute atomic E-state index is 0.244. The largest absolute Gasteiger partial charge is 0.504 e. The van der Waals surface area contributed by atoms with Crippen LogP contribution in [-0.2, 0) is 14.3 Å². The first kappa shape index (κ1) is 13.5. The van der Waals surface area contributed by atoms with Gasteiger partial charge in [-0.3, -0.25) is 4.79 Å². The van der Waals surface area contributed by atoms with E-state index >= 15 is 0 Å². The van der Waals surface area contributed by atoms with Crippen LogP contribution in [0.15, 0.2) is 12.1 Å². The molecule has 2 N–H and O–H groups in total. The lowest BCUT2D eigenvalue weighted by molar-refractivity contribution is -0.155. The number of hydrogen-bond acceptors (Lipinski definition) is 6. The van der Waals surface area contributed by atoms with Crippen molar-refractivity contribution in [1.82, 2.24) is 0 Å². The Morgan fingerprint density at radius 2 is 1.95 bits per heavy atom. The van der Waals surface area contributed by atoms with Crippen molar-refractivity contribution in [3.63, 3.8) is 0 Å². The normalized spacial score (nSPS) is 20.7. The molecule has 0 spiro atoms. The summed E-state index contributed by atoms with van der Waals surface area (Å²) in [5.74, 6) is -1.55. The van der Waals surface area contributed by atoms with E-state index in [9.17, 15) is 15.0 Å².